The third-order valence-corrected chi connectivity index (χ3v) is 4.35. The maximum Gasteiger partial charge on any atom is 0.317 e. The molecule has 24 heavy (non-hydrogen) atoms. The van der Waals surface area contributed by atoms with E-state index in [9.17, 15) is 9.59 Å². The van der Waals surface area contributed by atoms with Gasteiger partial charge >= 0.3 is 5.97 Å². The van der Waals surface area contributed by atoms with E-state index in [0.717, 1.165) is 17.7 Å². The number of carboxylic acid groups (broad SMARTS) is 1. The lowest BCUT2D eigenvalue weighted by molar-refractivity contribution is -0.136. The Labute approximate surface area is 142 Å². The van der Waals surface area contributed by atoms with Crippen molar-refractivity contribution in [1.29, 1.82) is 0 Å². The minimum Gasteiger partial charge on any atom is -0.494 e. The number of hydrogen-bond donors (Lipinski definition) is 2. The van der Waals surface area contributed by atoms with Crippen LogP contribution in [-0.4, -0.2) is 53.7 Å². The van der Waals surface area contributed by atoms with E-state index >= 15 is 0 Å². The molecule has 0 bridgehead atoms. The maximum absolute atomic E-state index is 12.4. The van der Waals surface area contributed by atoms with Gasteiger partial charge in [0, 0.05) is 25.0 Å². The Morgan fingerprint density at radius 2 is 2.04 bits per heavy atom. The van der Waals surface area contributed by atoms with E-state index in [1.807, 2.05) is 43.0 Å². The molecule has 0 saturated carbocycles. The first-order chi connectivity index (χ1) is 11.4. The van der Waals surface area contributed by atoms with E-state index in [-0.39, 0.29) is 18.0 Å². The molecule has 1 fully saturated rings. The van der Waals surface area contributed by atoms with Crippen molar-refractivity contribution < 1.29 is 19.4 Å². The third-order valence-electron chi connectivity index (χ3n) is 4.35. The molecule has 1 aliphatic rings. The summed E-state index contributed by atoms with van der Waals surface area (Å²) in [6.45, 7) is 5.71. The van der Waals surface area contributed by atoms with Crippen LogP contribution in [0.15, 0.2) is 24.3 Å². The number of nitrogens with zero attached hydrogens (tertiary/aromatic N) is 1. The predicted octanol–water partition coefficient (Wildman–Crippen LogP) is 1.68. The molecule has 132 valence electrons. The lowest BCUT2D eigenvalue weighted by Gasteiger charge is -2.25. The molecule has 6 heteroatoms. The quantitative estimate of drug-likeness (QED) is 0.756. The standard InChI is InChI=1S/C18H26N2O4/c1-3-24-15-7-4-14(5-8-15)6-9-16(21)20-11-10-18(2,13-20)19-12-17(22)23/h4-5,7-8,19H,3,6,9-13H2,1-2H3,(H,22,23)/t18-/m0/s1. The normalized spacial score (nSPS) is 20.2. The van der Waals surface area contributed by atoms with Gasteiger partial charge in [-0.25, -0.2) is 0 Å². The zero-order valence-corrected chi connectivity index (χ0v) is 14.4. The summed E-state index contributed by atoms with van der Waals surface area (Å²) >= 11 is 0. The molecule has 1 aliphatic heterocycles. The van der Waals surface area contributed by atoms with E-state index in [1.165, 1.54) is 0 Å². The minimum absolute atomic E-state index is 0.0787. The van der Waals surface area contributed by atoms with Crippen molar-refractivity contribution in [2.75, 3.05) is 26.2 Å². The average Bonchev–Trinajstić information content (AvgIpc) is 2.95. The van der Waals surface area contributed by atoms with Gasteiger partial charge < -0.3 is 14.7 Å². The van der Waals surface area contributed by atoms with Gasteiger partial charge in [-0.05, 0) is 44.4 Å². The largest absolute Gasteiger partial charge is 0.494 e. The van der Waals surface area contributed by atoms with Crippen LogP contribution < -0.4 is 10.1 Å². The Bertz CT molecular complexity index is 573. The second-order valence-electron chi connectivity index (χ2n) is 6.45. The molecular formula is C18H26N2O4. The SMILES string of the molecule is CCOc1ccc(CCC(=O)N2CC[C@](C)(NCC(=O)O)C2)cc1. The number of nitrogens with one attached hydrogen (secondary N) is 1. The summed E-state index contributed by atoms with van der Waals surface area (Å²) in [6.07, 6.45) is 1.93. The Morgan fingerprint density at radius 1 is 1.33 bits per heavy atom. The molecule has 1 aromatic rings. The summed E-state index contributed by atoms with van der Waals surface area (Å²) in [4.78, 5) is 24.9. The summed E-state index contributed by atoms with van der Waals surface area (Å²) < 4.78 is 5.41. The minimum atomic E-state index is -0.878. The van der Waals surface area contributed by atoms with Crippen molar-refractivity contribution in [3.63, 3.8) is 0 Å². The fourth-order valence-corrected chi connectivity index (χ4v) is 2.94. The van der Waals surface area contributed by atoms with Crippen LogP contribution in [0.4, 0.5) is 0 Å². The number of carbonyl (C=O) groups excluding carboxylic acids is 1. The maximum atomic E-state index is 12.4. The molecule has 1 amide bonds. The smallest absolute Gasteiger partial charge is 0.317 e. The van der Waals surface area contributed by atoms with Crippen molar-refractivity contribution >= 4 is 11.9 Å². The monoisotopic (exact) mass is 334 g/mol. The van der Waals surface area contributed by atoms with Crippen molar-refractivity contribution in [2.45, 2.75) is 38.6 Å². The number of aliphatic carboxylic acids is 1. The van der Waals surface area contributed by atoms with Gasteiger partial charge in [-0.15, -0.1) is 0 Å². The van der Waals surface area contributed by atoms with Crippen LogP contribution in [0.25, 0.3) is 0 Å². The van der Waals surface area contributed by atoms with E-state index in [4.69, 9.17) is 9.84 Å². The van der Waals surface area contributed by atoms with Gasteiger partial charge in [-0.2, -0.15) is 0 Å². The van der Waals surface area contributed by atoms with Gasteiger partial charge in [0.1, 0.15) is 5.75 Å². The zero-order valence-electron chi connectivity index (χ0n) is 14.4. The molecule has 2 rings (SSSR count). The molecule has 0 radical (unpaired) electrons. The van der Waals surface area contributed by atoms with Crippen LogP contribution in [0, 0.1) is 0 Å². The molecule has 0 spiro atoms. The fraction of sp³-hybridized carbons (Fsp3) is 0.556. The number of benzene rings is 1. The van der Waals surface area contributed by atoms with E-state index in [0.29, 0.717) is 32.5 Å². The first kappa shape index (κ1) is 18.3. The number of carboxylic acids is 1. The van der Waals surface area contributed by atoms with Crippen molar-refractivity contribution in [2.24, 2.45) is 0 Å². The van der Waals surface area contributed by atoms with Crippen LogP contribution in [0.5, 0.6) is 5.75 Å². The molecule has 0 aliphatic carbocycles. The summed E-state index contributed by atoms with van der Waals surface area (Å²) in [6, 6.07) is 7.82. The Balaban J connectivity index is 1.79. The molecule has 1 aromatic carbocycles. The number of amides is 1. The summed E-state index contributed by atoms with van der Waals surface area (Å²) in [5.41, 5.74) is 0.797. The first-order valence-electron chi connectivity index (χ1n) is 8.38. The van der Waals surface area contributed by atoms with Crippen molar-refractivity contribution in [3.8, 4) is 5.75 Å². The zero-order chi connectivity index (χ0) is 17.6. The molecule has 1 atom stereocenters. The second-order valence-corrected chi connectivity index (χ2v) is 6.45. The predicted molar refractivity (Wildman–Crippen MR) is 91.2 cm³/mol. The van der Waals surface area contributed by atoms with E-state index < -0.39 is 5.97 Å². The van der Waals surface area contributed by atoms with Crippen LogP contribution in [0.2, 0.25) is 0 Å². The van der Waals surface area contributed by atoms with Crippen LogP contribution >= 0.6 is 0 Å². The third kappa shape index (κ3) is 5.23. The number of likely N-dealkylation sites (tertiary alicyclic amines) is 1. The molecule has 2 N–H and O–H groups in total. The molecular weight excluding hydrogens is 308 g/mol. The topological polar surface area (TPSA) is 78.9 Å². The molecule has 6 nitrogen and oxygen atoms in total. The number of rotatable bonds is 8. The van der Waals surface area contributed by atoms with Crippen LogP contribution in [0.3, 0.4) is 0 Å². The van der Waals surface area contributed by atoms with Gasteiger partial charge in [0.2, 0.25) is 5.91 Å². The highest BCUT2D eigenvalue weighted by molar-refractivity contribution is 5.77. The lowest BCUT2D eigenvalue weighted by atomic mass is 10.0. The van der Waals surface area contributed by atoms with E-state index in [2.05, 4.69) is 5.32 Å². The molecule has 1 heterocycles. The summed E-state index contributed by atoms with van der Waals surface area (Å²) in [5.74, 6) is 0.0774. The average molecular weight is 334 g/mol. The Kier molecular flexibility index (Phi) is 6.20. The lowest BCUT2D eigenvalue weighted by Crippen LogP contribution is -2.47. The Morgan fingerprint density at radius 3 is 2.67 bits per heavy atom. The number of hydrogen-bond acceptors (Lipinski definition) is 4. The summed E-state index contributed by atoms with van der Waals surface area (Å²) in [7, 11) is 0. The number of aryl methyl sites for hydroxylation is 1. The highest BCUT2D eigenvalue weighted by atomic mass is 16.5. The van der Waals surface area contributed by atoms with Gasteiger partial charge in [-0.3, -0.25) is 14.9 Å². The number of ether oxygens (including phenoxy) is 1. The van der Waals surface area contributed by atoms with Gasteiger partial charge in [-0.1, -0.05) is 12.1 Å². The first-order valence-corrected chi connectivity index (χ1v) is 8.38. The van der Waals surface area contributed by atoms with Gasteiger partial charge in [0.25, 0.3) is 0 Å². The summed E-state index contributed by atoms with van der Waals surface area (Å²) in [5, 5.41) is 11.8. The highest BCUT2D eigenvalue weighted by Gasteiger charge is 2.35. The molecule has 0 unspecified atom stereocenters. The Hall–Kier alpha value is -2.08. The second kappa shape index (κ2) is 8.15. The van der Waals surface area contributed by atoms with Crippen molar-refractivity contribution in [3.05, 3.63) is 29.8 Å². The highest BCUT2D eigenvalue weighted by Crippen LogP contribution is 2.22. The van der Waals surface area contributed by atoms with Gasteiger partial charge in [0.05, 0.1) is 13.2 Å². The fourth-order valence-electron chi connectivity index (χ4n) is 2.94. The van der Waals surface area contributed by atoms with Crippen LogP contribution in [-0.2, 0) is 16.0 Å². The molecule has 0 aromatic heterocycles. The van der Waals surface area contributed by atoms with Gasteiger partial charge in [0.15, 0.2) is 0 Å². The van der Waals surface area contributed by atoms with E-state index in [1.54, 1.807) is 0 Å². The molecule has 1 saturated heterocycles. The van der Waals surface area contributed by atoms with Crippen LogP contribution in [0.1, 0.15) is 32.3 Å². The number of carbonyl (C=O) groups is 2. The van der Waals surface area contributed by atoms with Crippen molar-refractivity contribution in [1.82, 2.24) is 10.2 Å².